The Balaban J connectivity index is 2.54. The Morgan fingerprint density at radius 3 is 3.00 bits per heavy atom. The summed E-state index contributed by atoms with van der Waals surface area (Å²) >= 11 is 1.52. The lowest BCUT2D eigenvalue weighted by molar-refractivity contribution is 0.211. The van der Waals surface area contributed by atoms with Crippen LogP contribution in [0.15, 0.2) is 29.6 Å². The van der Waals surface area contributed by atoms with Crippen LogP contribution in [0.1, 0.15) is 0 Å². The van der Waals surface area contributed by atoms with Gasteiger partial charge >= 0.3 is 6.09 Å². The van der Waals surface area contributed by atoms with E-state index >= 15 is 0 Å². The molecule has 0 aliphatic heterocycles. The number of rotatable bonds is 1. The Morgan fingerprint density at radius 2 is 2.23 bits per heavy atom. The van der Waals surface area contributed by atoms with E-state index in [-0.39, 0.29) is 0 Å². The molecular weight excluding hydrogens is 186 g/mol. The molecule has 3 nitrogen and oxygen atoms in total. The van der Waals surface area contributed by atoms with E-state index in [4.69, 9.17) is 10.5 Å². The first-order valence-corrected chi connectivity index (χ1v) is 4.59. The normalized spacial score (nSPS) is 10.2. The largest absolute Gasteiger partial charge is 0.410 e. The molecule has 0 aliphatic carbocycles. The van der Waals surface area contributed by atoms with E-state index in [1.54, 1.807) is 6.07 Å². The molecule has 0 radical (unpaired) electrons. The molecule has 0 aliphatic rings. The molecule has 2 N–H and O–H groups in total. The van der Waals surface area contributed by atoms with Gasteiger partial charge in [0.25, 0.3) is 0 Å². The number of hydrogen-bond donors (Lipinski definition) is 1. The van der Waals surface area contributed by atoms with Crippen LogP contribution in [0.25, 0.3) is 10.1 Å². The third-order valence-corrected chi connectivity index (χ3v) is 2.60. The maximum atomic E-state index is 10.5. The molecule has 0 atom stereocenters. The minimum atomic E-state index is -0.777. The molecule has 2 rings (SSSR count). The van der Waals surface area contributed by atoms with Crippen LogP contribution in [0.4, 0.5) is 4.79 Å². The van der Waals surface area contributed by atoms with Crippen molar-refractivity contribution < 1.29 is 9.53 Å². The van der Waals surface area contributed by atoms with Crippen molar-refractivity contribution in [3.8, 4) is 5.75 Å². The smallest absolute Gasteiger partial charge is 0.409 e. The van der Waals surface area contributed by atoms with Crippen LogP contribution >= 0.6 is 11.3 Å². The Labute approximate surface area is 78.7 Å². The topological polar surface area (TPSA) is 52.3 Å². The number of hydrogen-bond acceptors (Lipinski definition) is 3. The third-order valence-electron chi connectivity index (χ3n) is 1.65. The first-order valence-electron chi connectivity index (χ1n) is 3.71. The molecule has 0 bridgehead atoms. The van der Waals surface area contributed by atoms with Gasteiger partial charge in [-0.25, -0.2) is 4.79 Å². The van der Waals surface area contributed by atoms with Crippen LogP contribution in [-0.4, -0.2) is 6.09 Å². The molecule has 1 aromatic heterocycles. The third kappa shape index (κ3) is 1.48. The average molecular weight is 193 g/mol. The lowest BCUT2D eigenvalue weighted by Gasteiger charge is -2.00. The molecule has 0 saturated heterocycles. The van der Waals surface area contributed by atoms with Crippen molar-refractivity contribution in [1.29, 1.82) is 0 Å². The van der Waals surface area contributed by atoms with Gasteiger partial charge in [-0.15, -0.1) is 11.3 Å². The summed E-state index contributed by atoms with van der Waals surface area (Å²) in [6.07, 6.45) is -0.777. The molecule has 1 amide bonds. The number of ether oxygens (including phenoxy) is 1. The molecule has 0 spiro atoms. The number of primary amides is 1. The molecule has 2 aromatic rings. The van der Waals surface area contributed by atoms with Gasteiger partial charge in [0.1, 0.15) is 0 Å². The van der Waals surface area contributed by atoms with Crippen molar-refractivity contribution in [3.05, 3.63) is 29.6 Å². The standard InChI is InChI=1S/C9H7NO2S/c10-9(11)12-7-3-1-2-6-4-5-13-8(6)7/h1-5H,(H2,10,11). The Bertz CT molecular complexity index is 450. The number of benzene rings is 1. The summed E-state index contributed by atoms with van der Waals surface area (Å²) < 4.78 is 5.78. The Kier molecular flexibility index (Phi) is 1.90. The monoisotopic (exact) mass is 193 g/mol. The van der Waals surface area contributed by atoms with Crippen molar-refractivity contribution in [2.45, 2.75) is 0 Å². The molecule has 4 heteroatoms. The summed E-state index contributed by atoms with van der Waals surface area (Å²) in [7, 11) is 0. The van der Waals surface area contributed by atoms with E-state index in [1.165, 1.54) is 11.3 Å². The minimum Gasteiger partial charge on any atom is -0.409 e. The molecule has 0 fully saturated rings. The number of amides is 1. The fourth-order valence-corrected chi connectivity index (χ4v) is 2.00. The van der Waals surface area contributed by atoms with Gasteiger partial charge in [-0.2, -0.15) is 0 Å². The van der Waals surface area contributed by atoms with Crippen LogP contribution in [0, 0.1) is 0 Å². The highest BCUT2D eigenvalue weighted by Gasteiger charge is 2.04. The van der Waals surface area contributed by atoms with E-state index in [0.717, 1.165) is 10.1 Å². The lowest BCUT2D eigenvalue weighted by Crippen LogP contribution is -2.16. The van der Waals surface area contributed by atoms with E-state index in [0.29, 0.717) is 5.75 Å². The molecular formula is C9H7NO2S. The quantitative estimate of drug-likeness (QED) is 0.755. The molecule has 0 saturated carbocycles. The highest BCUT2D eigenvalue weighted by atomic mass is 32.1. The van der Waals surface area contributed by atoms with Crippen molar-refractivity contribution in [2.24, 2.45) is 5.73 Å². The number of thiophene rings is 1. The van der Waals surface area contributed by atoms with Crippen molar-refractivity contribution in [1.82, 2.24) is 0 Å². The fourth-order valence-electron chi connectivity index (χ4n) is 1.15. The first kappa shape index (κ1) is 8.07. The first-order chi connectivity index (χ1) is 6.27. The zero-order valence-corrected chi connectivity index (χ0v) is 7.51. The van der Waals surface area contributed by atoms with E-state index in [9.17, 15) is 4.79 Å². The van der Waals surface area contributed by atoms with Crippen LogP contribution in [0.5, 0.6) is 5.75 Å². The minimum absolute atomic E-state index is 0.528. The highest BCUT2D eigenvalue weighted by Crippen LogP contribution is 2.30. The molecule has 66 valence electrons. The summed E-state index contributed by atoms with van der Waals surface area (Å²) in [6, 6.07) is 7.48. The second-order valence-corrected chi connectivity index (χ2v) is 3.43. The number of nitrogens with two attached hydrogens (primary N) is 1. The number of carbonyl (C=O) groups is 1. The second kappa shape index (κ2) is 3.06. The summed E-state index contributed by atoms with van der Waals surface area (Å²) in [5.74, 6) is 0.528. The Morgan fingerprint density at radius 1 is 1.38 bits per heavy atom. The van der Waals surface area contributed by atoms with E-state index in [2.05, 4.69) is 0 Å². The maximum absolute atomic E-state index is 10.5. The van der Waals surface area contributed by atoms with E-state index in [1.807, 2.05) is 23.6 Å². The van der Waals surface area contributed by atoms with Gasteiger partial charge in [0, 0.05) is 0 Å². The van der Waals surface area contributed by atoms with Crippen LogP contribution in [0.2, 0.25) is 0 Å². The number of fused-ring (bicyclic) bond motifs is 1. The lowest BCUT2D eigenvalue weighted by atomic mass is 10.2. The van der Waals surface area contributed by atoms with Gasteiger partial charge in [-0.05, 0) is 22.9 Å². The van der Waals surface area contributed by atoms with E-state index < -0.39 is 6.09 Å². The van der Waals surface area contributed by atoms with Gasteiger partial charge in [0.2, 0.25) is 0 Å². The SMILES string of the molecule is NC(=O)Oc1cccc2ccsc12. The van der Waals surface area contributed by atoms with Gasteiger partial charge in [0.05, 0.1) is 4.70 Å². The zero-order chi connectivity index (χ0) is 9.26. The maximum Gasteiger partial charge on any atom is 0.410 e. The van der Waals surface area contributed by atoms with Crippen molar-refractivity contribution in [2.75, 3.05) is 0 Å². The van der Waals surface area contributed by atoms with Crippen LogP contribution < -0.4 is 10.5 Å². The van der Waals surface area contributed by atoms with Crippen molar-refractivity contribution in [3.63, 3.8) is 0 Å². The van der Waals surface area contributed by atoms with Crippen LogP contribution in [0.3, 0.4) is 0 Å². The van der Waals surface area contributed by atoms with Gasteiger partial charge in [-0.3, -0.25) is 0 Å². The average Bonchev–Trinajstić information content (AvgIpc) is 2.51. The Hall–Kier alpha value is -1.55. The molecule has 0 unspecified atom stereocenters. The van der Waals surface area contributed by atoms with Crippen molar-refractivity contribution >= 4 is 27.5 Å². The summed E-state index contributed by atoms with van der Waals surface area (Å²) in [6.45, 7) is 0. The highest BCUT2D eigenvalue weighted by molar-refractivity contribution is 7.17. The molecule has 1 aromatic carbocycles. The van der Waals surface area contributed by atoms with Gasteiger partial charge in [0.15, 0.2) is 5.75 Å². The summed E-state index contributed by atoms with van der Waals surface area (Å²) in [5.41, 5.74) is 4.93. The molecule has 13 heavy (non-hydrogen) atoms. The van der Waals surface area contributed by atoms with Crippen LogP contribution in [-0.2, 0) is 0 Å². The summed E-state index contributed by atoms with van der Waals surface area (Å²) in [4.78, 5) is 10.5. The predicted octanol–water partition coefficient (Wildman–Crippen LogP) is 2.36. The van der Waals surface area contributed by atoms with Gasteiger partial charge in [-0.1, -0.05) is 12.1 Å². The number of carbonyl (C=O) groups excluding carboxylic acids is 1. The second-order valence-electron chi connectivity index (χ2n) is 2.52. The molecule has 1 heterocycles. The predicted molar refractivity (Wildman–Crippen MR) is 52.0 cm³/mol. The summed E-state index contributed by atoms with van der Waals surface area (Å²) in [5, 5.41) is 3.00. The fraction of sp³-hybridized carbons (Fsp3) is 0. The zero-order valence-electron chi connectivity index (χ0n) is 6.69. The van der Waals surface area contributed by atoms with Gasteiger partial charge < -0.3 is 10.5 Å².